The van der Waals surface area contributed by atoms with Gasteiger partial charge >= 0.3 is 0 Å². The summed E-state index contributed by atoms with van der Waals surface area (Å²) in [5.41, 5.74) is 4.32. The van der Waals surface area contributed by atoms with E-state index in [0.717, 1.165) is 16.3 Å². The summed E-state index contributed by atoms with van der Waals surface area (Å²) >= 11 is 7.82. The molecule has 0 atom stereocenters. The second-order valence-electron chi connectivity index (χ2n) is 4.60. The molecular weight excluding hydrogens is 276 g/mol. The number of thiazole rings is 1. The van der Waals surface area contributed by atoms with Gasteiger partial charge in [0.15, 0.2) is 5.13 Å². The van der Waals surface area contributed by atoms with Gasteiger partial charge in [-0.25, -0.2) is 4.98 Å². The summed E-state index contributed by atoms with van der Waals surface area (Å²) in [5.74, 6) is 0. The highest BCUT2D eigenvalue weighted by Crippen LogP contribution is 2.31. The molecule has 19 heavy (non-hydrogen) atoms. The largest absolute Gasteiger partial charge is 0.330 e. The van der Waals surface area contributed by atoms with Gasteiger partial charge in [0.1, 0.15) is 0 Å². The standard InChI is InChI=1S/C15H13ClN2S/c1-9-3-5-11(16)12(7-9)17-15-18-13-8-10(2)4-6-14(13)19-15/h3-8H,1-2H3,(H,17,18). The first-order valence-corrected chi connectivity index (χ1v) is 7.21. The van der Waals surface area contributed by atoms with Gasteiger partial charge in [-0.15, -0.1) is 0 Å². The van der Waals surface area contributed by atoms with Crippen molar-refractivity contribution in [2.24, 2.45) is 0 Å². The predicted molar refractivity (Wildman–Crippen MR) is 83.8 cm³/mol. The van der Waals surface area contributed by atoms with Crippen LogP contribution in [0.4, 0.5) is 10.8 Å². The molecule has 1 N–H and O–H groups in total. The van der Waals surface area contributed by atoms with Crippen LogP contribution in [0, 0.1) is 13.8 Å². The van der Waals surface area contributed by atoms with Gasteiger partial charge in [0, 0.05) is 0 Å². The smallest absolute Gasteiger partial charge is 0.188 e. The van der Waals surface area contributed by atoms with Gasteiger partial charge in [-0.05, 0) is 49.2 Å². The number of nitrogens with zero attached hydrogens (tertiary/aromatic N) is 1. The lowest BCUT2D eigenvalue weighted by Crippen LogP contribution is -1.90. The molecule has 0 saturated carbocycles. The number of fused-ring (bicyclic) bond motifs is 1. The maximum Gasteiger partial charge on any atom is 0.188 e. The highest BCUT2D eigenvalue weighted by atomic mass is 35.5. The first kappa shape index (κ1) is 12.5. The predicted octanol–water partition coefficient (Wildman–Crippen LogP) is 5.31. The number of aromatic nitrogens is 1. The Bertz CT molecular complexity index is 749. The molecule has 0 fully saturated rings. The molecule has 0 bridgehead atoms. The van der Waals surface area contributed by atoms with Crippen molar-refractivity contribution in [3.8, 4) is 0 Å². The molecule has 0 saturated heterocycles. The Balaban J connectivity index is 1.98. The van der Waals surface area contributed by atoms with Gasteiger partial charge in [-0.3, -0.25) is 0 Å². The van der Waals surface area contributed by atoms with Crippen molar-refractivity contribution in [3.05, 3.63) is 52.5 Å². The van der Waals surface area contributed by atoms with Crippen LogP contribution in [0.1, 0.15) is 11.1 Å². The Hall–Kier alpha value is -1.58. The molecule has 2 nitrogen and oxygen atoms in total. The van der Waals surface area contributed by atoms with E-state index >= 15 is 0 Å². The molecule has 0 aliphatic carbocycles. The highest BCUT2D eigenvalue weighted by molar-refractivity contribution is 7.22. The van der Waals surface area contributed by atoms with Crippen molar-refractivity contribution < 1.29 is 0 Å². The Labute approximate surface area is 121 Å². The van der Waals surface area contributed by atoms with Gasteiger partial charge in [0.25, 0.3) is 0 Å². The minimum atomic E-state index is 0.709. The number of hydrogen-bond acceptors (Lipinski definition) is 3. The van der Waals surface area contributed by atoms with E-state index in [4.69, 9.17) is 11.6 Å². The molecule has 0 aliphatic heterocycles. The number of benzene rings is 2. The summed E-state index contributed by atoms with van der Waals surface area (Å²) < 4.78 is 1.18. The number of nitrogens with one attached hydrogen (secondary N) is 1. The minimum absolute atomic E-state index is 0.709. The van der Waals surface area contributed by atoms with Crippen LogP contribution in [0.15, 0.2) is 36.4 Å². The van der Waals surface area contributed by atoms with E-state index in [2.05, 4.69) is 35.4 Å². The Morgan fingerprint density at radius 2 is 1.79 bits per heavy atom. The van der Waals surface area contributed by atoms with E-state index in [1.165, 1.54) is 15.8 Å². The van der Waals surface area contributed by atoms with Crippen molar-refractivity contribution in [1.29, 1.82) is 0 Å². The number of halogens is 1. The molecule has 96 valence electrons. The first-order chi connectivity index (χ1) is 9.11. The zero-order valence-corrected chi connectivity index (χ0v) is 12.3. The van der Waals surface area contributed by atoms with Gasteiger partial charge in [-0.1, -0.05) is 35.1 Å². The topological polar surface area (TPSA) is 24.9 Å². The molecule has 4 heteroatoms. The molecule has 0 amide bonds. The second kappa shape index (κ2) is 4.83. The van der Waals surface area contributed by atoms with Gasteiger partial charge in [0.2, 0.25) is 0 Å². The average molecular weight is 289 g/mol. The Morgan fingerprint density at radius 1 is 1.05 bits per heavy atom. The second-order valence-corrected chi connectivity index (χ2v) is 6.04. The lowest BCUT2D eigenvalue weighted by Gasteiger charge is -2.05. The molecular formula is C15H13ClN2S. The van der Waals surface area contributed by atoms with E-state index in [0.29, 0.717) is 5.02 Å². The van der Waals surface area contributed by atoms with E-state index < -0.39 is 0 Å². The molecule has 0 radical (unpaired) electrons. The molecule has 0 spiro atoms. The molecule has 0 unspecified atom stereocenters. The molecule has 2 aromatic carbocycles. The number of hydrogen-bond donors (Lipinski definition) is 1. The molecule has 1 aromatic heterocycles. The summed E-state index contributed by atoms with van der Waals surface area (Å²) in [5, 5.41) is 4.88. The maximum atomic E-state index is 6.18. The third-order valence-corrected chi connectivity index (χ3v) is 4.19. The summed E-state index contributed by atoms with van der Waals surface area (Å²) in [6.45, 7) is 4.12. The third-order valence-electron chi connectivity index (χ3n) is 2.91. The SMILES string of the molecule is Cc1ccc(Cl)c(Nc2nc3cc(C)ccc3s2)c1. The van der Waals surface area contributed by atoms with Gasteiger partial charge < -0.3 is 5.32 Å². The van der Waals surface area contributed by atoms with Crippen LogP contribution in [0.25, 0.3) is 10.2 Å². The Kier molecular flexibility index (Phi) is 3.17. The fraction of sp³-hybridized carbons (Fsp3) is 0.133. The number of aryl methyl sites for hydroxylation is 2. The van der Waals surface area contributed by atoms with Crippen LogP contribution in [-0.2, 0) is 0 Å². The average Bonchev–Trinajstić information content (AvgIpc) is 2.75. The third kappa shape index (κ3) is 2.57. The fourth-order valence-electron chi connectivity index (χ4n) is 1.94. The lowest BCUT2D eigenvalue weighted by atomic mass is 10.2. The van der Waals surface area contributed by atoms with E-state index in [1.807, 2.05) is 25.1 Å². The van der Waals surface area contributed by atoms with E-state index in [1.54, 1.807) is 11.3 Å². The monoisotopic (exact) mass is 288 g/mol. The van der Waals surface area contributed by atoms with E-state index in [9.17, 15) is 0 Å². The van der Waals surface area contributed by atoms with Crippen LogP contribution in [0.3, 0.4) is 0 Å². The van der Waals surface area contributed by atoms with Crippen molar-refractivity contribution in [2.45, 2.75) is 13.8 Å². The molecule has 3 rings (SSSR count). The van der Waals surface area contributed by atoms with E-state index in [-0.39, 0.29) is 0 Å². The summed E-state index contributed by atoms with van der Waals surface area (Å²) in [6, 6.07) is 12.2. The van der Waals surface area contributed by atoms with Crippen molar-refractivity contribution >= 4 is 44.0 Å². The van der Waals surface area contributed by atoms with Crippen LogP contribution in [-0.4, -0.2) is 4.98 Å². The Morgan fingerprint density at radius 3 is 2.63 bits per heavy atom. The van der Waals surface area contributed by atoms with Crippen LogP contribution in [0.5, 0.6) is 0 Å². The van der Waals surface area contributed by atoms with Gasteiger partial charge in [-0.2, -0.15) is 0 Å². The normalized spacial score (nSPS) is 10.9. The van der Waals surface area contributed by atoms with Crippen molar-refractivity contribution in [2.75, 3.05) is 5.32 Å². The van der Waals surface area contributed by atoms with Crippen LogP contribution < -0.4 is 5.32 Å². The van der Waals surface area contributed by atoms with Crippen molar-refractivity contribution in [3.63, 3.8) is 0 Å². The summed E-state index contributed by atoms with van der Waals surface area (Å²) in [4.78, 5) is 4.59. The minimum Gasteiger partial charge on any atom is -0.330 e. The van der Waals surface area contributed by atoms with Crippen molar-refractivity contribution in [1.82, 2.24) is 4.98 Å². The van der Waals surface area contributed by atoms with Crippen LogP contribution in [0.2, 0.25) is 5.02 Å². The van der Waals surface area contributed by atoms with Crippen LogP contribution >= 0.6 is 22.9 Å². The fourth-order valence-corrected chi connectivity index (χ4v) is 2.96. The number of rotatable bonds is 2. The molecule has 1 heterocycles. The maximum absolute atomic E-state index is 6.18. The quantitative estimate of drug-likeness (QED) is 0.691. The lowest BCUT2D eigenvalue weighted by molar-refractivity contribution is 1.40. The van der Waals surface area contributed by atoms with Gasteiger partial charge in [0.05, 0.1) is 20.9 Å². The molecule has 0 aliphatic rings. The molecule has 3 aromatic rings. The zero-order valence-electron chi connectivity index (χ0n) is 10.7. The summed E-state index contributed by atoms with van der Waals surface area (Å²) in [7, 11) is 0. The first-order valence-electron chi connectivity index (χ1n) is 6.02. The summed E-state index contributed by atoms with van der Waals surface area (Å²) in [6.07, 6.45) is 0. The number of anilines is 2. The zero-order chi connectivity index (χ0) is 13.4. The highest BCUT2D eigenvalue weighted by Gasteiger charge is 2.06.